The van der Waals surface area contributed by atoms with Crippen LogP contribution >= 0.6 is 0 Å². The van der Waals surface area contributed by atoms with Crippen molar-refractivity contribution in [3.8, 4) is 11.8 Å². The molecule has 0 saturated heterocycles. The molecule has 10 heteroatoms. The van der Waals surface area contributed by atoms with Gasteiger partial charge in [-0.05, 0) is 12.1 Å². The molecular formula is C11H9F3N2O4S. The summed E-state index contributed by atoms with van der Waals surface area (Å²) in [5.41, 5.74) is -0.293. The zero-order valence-electron chi connectivity index (χ0n) is 10.3. The van der Waals surface area contributed by atoms with E-state index in [0.717, 1.165) is 6.07 Å². The molecular weight excluding hydrogens is 313 g/mol. The highest BCUT2D eigenvalue weighted by Gasteiger charge is 2.36. The number of sulfonamides is 1. The minimum absolute atomic E-state index is 0.112. The van der Waals surface area contributed by atoms with Gasteiger partial charge in [0.1, 0.15) is 11.8 Å². The molecule has 1 N–H and O–H groups in total. The van der Waals surface area contributed by atoms with Crippen molar-refractivity contribution in [2.24, 2.45) is 0 Å². The fourth-order valence-electron chi connectivity index (χ4n) is 1.34. The summed E-state index contributed by atoms with van der Waals surface area (Å²) in [6, 6.07) is 6.90. The molecule has 0 bridgehead atoms. The number of nitriles is 1. The van der Waals surface area contributed by atoms with Gasteiger partial charge in [-0.1, -0.05) is 12.1 Å². The number of nitrogens with zero attached hydrogens (tertiary/aromatic N) is 1. The molecule has 0 spiro atoms. The molecule has 0 aliphatic rings. The summed E-state index contributed by atoms with van der Waals surface area (Å²) in [5.74, 6) is -3.56. The first-order chi connectivity index (χ1) is 9.64. The Labute approximate surface area is 118 Å². The van der Waals surface area contributed by atoms with E-state index in [1.165, 1.54) is 22.9 Å². The van der Waals surface area contributed by atoms with Gasteiger partial charge in [-0.3, -0.25) is 4.79 Å². The summed E-state index contributed by atoms with van der Waals surface area (Å²) in [6.45, 7) is -0.403. The smallest absolute Gasteiger partial charge is 0.404 e. The zero-order chi connectivity index (χ0) is 16.1. The summed E-state index contributed by atoms with van der Waals surface area (Å²) in [4.78, 5) is 11.7. The van der Waals surface area contributed by atoms with E-state index in [-0.39, 0.29) is 11.3 Å². The van der Waals surface area contributed by atoms with Crippen molar-refractivity contribution >= 4 is 15.9 Å². The third kappa shape index (κ3) is 5.70. The molecule has 6 nitrogen and oxygen atoms in total. The van der Waals surface area contributed by atoms with Gasteiger partial charge in [-0.2, -0.15) is 18.4 Å². The zero-order valence-corrected chi connectivity index (χ0v) is 11.2. The number of benzene rings is 1. The lowest BCUT2D eigenvalue weighted by Gasteiger charge is -2.11. The largest absolute Gasteiger partial charge is 0.478 e. The van der Waals surface area contributed by atoms with E-state index in [9.17, 15) is 26.4 Å². The lowest BCUT2D eigenvalue weighted by molar-refractivity contribution is -0.106. The molecule has 0 fully saturated rings. The number of carbonyl (C=O) groups excluding carboxylic acids is 1. The Morgan fingerprint density at radius 2 is 1.95 bits per heavy atom. The average Bonchev–Trinajstić information content (AvgIpc) is 2.33. The SMILES string of the molecule is N#CCOc1ccccc1C(=O)NS(=O)(=O)CC(F)(F)F. The van der Waals surface area contributed by atoms with E-state index in [1.807, 2.05) is 0 Å². The van der Waals surface area contributed by atoms with Gasteiger partial charge in [-0.15, -0.1) is 0 Å². The van der Waals surface area contributed by atoms with Gasteiger partial charge in [0.2, 0.25) is 10.0 Å². The summed E-state index contributed by atoms with van der Waals surface area (Å²) in [5, 5.41) is 8.37. The number of para-hydroxylation sites is 1. The van der Waals surface area contributed by atoms with E-state index < -0.39 is 34.5 Å². The summed E-state index contributed by atoms with van der Waals surface area (Å²) in [6.07, 6.45) is -4.97. The molecule has 1 aromatic carbocycles. The second kappa shape index (κ2) is 6.45. The molecule has 0 aromatic heterocycles. The normalized spacial score (nSPS) is 11.5. The first-order valence-corrected chi connectivity index (χ1v) is 7.00. The summed E-state index contributed by atoms with van der Waals surface area (Å²) in [7, 11) is -4.87. The Morgan fingerprint density at radius 1 is 1.33 bits per heavy atom. The molecule has 0 atom stereocenters. The number of hydrogen-bond acceptors (Lipinski definition) is 5. The summed E-state index contributed by atoms with van der Waals surface area (Å²) < 4.78 is 64.8. The highest BCUT2D eigenvalue weighted by molar-refractivity contribution is 7.90. The first kappa shape index (κ1) is 16.8. The molecule has 1 amide bonds. The quantitative estimate of drug-likeness (QED) is 0.879. The van der Waals surface area contributed by atoms with Crippen LogP contribution in [-0.4, -0.2) is 32.9 Å². The summed E-state index contributed by atoms with van der Waals surface area (Å²) >= 11 is 0. The van der Waals surface area contributed by atoms with Gasteiger partial charge < -0.3 is 4.74 Å². The van der Waals surface area contributed by atoms with Gasteiger partial charge in [0.25, 0.3) is 5.91 Å². The standard InChI is InChI=1S/C11H9F3N2O4S/c12-11(13,14)7-21(18,19)16-10(17)8-3-1-2-4-9(8)20-6-5-15/h1-4H,6-7H2,(H,16,17). The maximum absolute atomic E-state index is 12.1. The van der Waals surface area contributed by atoms with Crippen LogP contribution in [0.1, 0.15) is 10.4 Å². The number of ether oxygens (including phenoxy) is 1. The number of nitrogens with one attached hydrogen (secondary N) is 1. The number of carbonyl (C=O) groups is 1. The minimum Gasteiger partial charge on any atom is -0.478 e. The van der Waals surface area contributed by atoms with Gasteiger partial charge in [-0.25, -0.2) is 13.1 Å². The van der Waals surface area contributed by atoms with Crippen LogP contribution in [0.3, 0.4) is 0 Å². The third-order valence-electron chi connectivity index (χ3n) is 2.03. The average molecular weight is 322 g/mol. The molecule has 0 aliphatic carbocycles. The van der Waals surface area contributed by atoms with Crippen LogP contribution in [0, 0.1) is 11.3 Å². The van der Waals surface area contributed by atoms with E-state index in [0.29, 0.717) is 0 Å². The van der Waals surface area contributed by atoms with Crippen molar-refractivity contribution in [2.45, 2.75) is 6.18 Å². The molecule has 0 unspecified atom stereocenters. The minimum atomic E-state index is -4.97. The maximum Gasteiger partial charge on any atom is 0.404 e. The highest BCUT2D eigenvalue weighted by atomic mass is 32.2. The fourth-order valence-corrected chi connectivity index (χ4v) is 2.23. The molecule has 0 saturated carbocycles. The fraction of sp³-hybridized carbons (Fsp3) is 0.273. The van der Waals surface area contributed by atoms with Crippen LogP contribution in [-0.2, 0) is 10.0 Å². The molecule has 1 rings (SSSR count). The molecule has 1 aromatic rings. The van der Waals surface area contributed by atoms with E-state index in [2.05, 4.69) is 0 Å². The highest BCUT2D eigenvalue weighted by Crippen LogP contribution is 2.20. The van der Waals surface area contributed by atoms with Crippen LogP contribution in [0.2, 0.25) is 0 Å². The van der Waals surface area contributed by atoms with Crippen molar-refractivity contribution in [3.05, 3.63) is 29.8 Å². The number of rotatable bonds is 5. The predicted molar refractivity (Wildman–Crippen MR) is 64.9 cm³/mol. The first-order valence-electron chi connectivity index (χ1n) is 5.35. The third-order valence-corrected chi connectivity index (χ3v) is 3.23. The number of halogens is 3. The number of amides is 1. The van der Waals surface area contributed by atoms with Crippen molar-refractivity contribution in [1.29, 1.82) is 5.26 Å². The van der Waals surface area contributed by atoms with Crippen LogP contribution in [0.5, 0.6) is 5.75 Å². The molecule has 21 heavy (non-hydrogen) atoms. The van der Waals surface area contributed by atoms with E-state index in [4.69, 9.17) is 10.00 Å². The van der Waals surface area contributed by atoms with Crippen molar-refractivity contribution in [1.82, 2.24) is 4.72 Å². The molecule has 0 heterocycles. The monoisotopic (exact) mass is 322 g/mol. The van der Waals surface area contributed by atoms with Gasteiger partial charge in [0.15, 0.2) is 12.4 Å². The number of alkyl halides is 3. The Balaban J connectivity index is 2.93. The van der Waals surface area contributed by atoms with E-state index >= 15 is 0 Å². The Kier molecular flexibility index (Phi) is 5.15. The van der Waals surface area contributed by atoms with Gasteiger partial charge in [0.05, 0.1) is 5.56 Å². The second-order valence-corrected chi connectivity index (χ2v) is 5.47. The van der Waals surface area contributed by atoms with Crippen molar-refractivity contribution in [3.63, 3.8) is 0 Å². The Morgan fingerprint density at radius 3 is 2.52 bits per heavy atom. The molecule has 0 aliphatic heterocycles. The van der Waals surface area contributed by atoms with Gasteiger partial charge >= 0.3 is 6.18 Å². The van der Waals surface area contributed by atoms with Crippen LogP contribution in [0.25, 0.3) is 0 Å². The number of hydrogen-bond donors (Lipinski definition) is 1. The Bertz CT molecular complexity index is 665. The van der Waals surface area contributed by atoms with E-state index in [1.54, 1.807) is 6.07 Å². The topological polar surface area (TPSA) is 96.3 Å². The lowest BCUT2D eigenvalue weighted by atomic mass is 10.2. The Hall–Kier alpha value is -2.28. The molecule has 114 valence electrons. The lowest BCUT2D eigenvalue weighted by Crippen LogP contribution is -2.37. The van der Waals surface area contributed by atoms with Crippen LogP contribution in [0.4, 0.5) is 13.2 Å². The second-order valence-electron chi connectivity index (χ2n) is 3.75. The maximum atomic E-state index is 12.1. The van der Waals surface area contributed by atoms with Crippen LogP contribution < -0.4 is 9.46 Å². The van der Waals surface area contributed by atoms with Gasteiger partial charge in [0, 0.05) is 0 Å². The van der Waals surface area contributed by atoms with Crippen molar-refractivity contribution < 1.29 is 31.1 Å². The molecule has 0 radical (unpaired) electrons. The predicted octanol–water partition coefficient (Wildman–Crippen LogP) is 1.21. The van der Waals surface area contributed by atoms with Crippen LogP contribution in [0.15, 0.2) is 24.3 Å². The van der Waals surface area contributed by atoms with Crippen molar-refractivity contribution in [2.75, 3.05) is 12.4 Å².